The average Bonchev–Trinajstić information content (AvgIpc) is 3.47. The van der Waals surface area contributed by atoms with Crippen molar-refractivity contribution in [2.45, 2.75) is 83.6 Å². The molecular formula is C34H44N8O7. The predicted molar refractivity (Wildman–Crippen MR) is 178 cm³/mol. The van der Waals surface area contributed by atoms with E-state index in [0.29, 0.717) is 22.7 Å². The lowest BCUT2D eigenvalue weighted by Gasteiger charge is -2.36. The number of aliphatic carboxylic acids is 1. The van der Waals surface area contributed by atoms with E-state index in [0.717, 1.165) is 5.56 Å². The monoisotopic (exact) mass is 676 g/mol. The fourth-order valence-electron chi connectivity index (χ4n) is 6.04. The van der Waals surface area contributed by atoms with Gasteiger partial charge in [-0.15, -0.1) is 6.58 Å². The number of benzene rings is 1. The molecule has 5 unspecified atom stereocenters. The SMILES string of the molecule is C=CC1CC1(NC(=O)C1CC(n2nc(-c3ccc(OC)cc3)c(-c3cn[nH]c3)n2)CN1C(=O)C(NC(=O)OC(C)(C)C)C(C)(C)C)C(=O)O. The topological polar surface area (TPSA) is 194 Å². The highest BCUT2D eigenvalue weighted by atomic mass is 16.6. The van der Waals surface area contributed by atoms with Gasteiger partial charge in [-0.1, -0.05) is 26.8 Å². The van der Waals surface area contributed by atoms with Crippen LogP contribution in [0.3, 0.4) is 0 Å². The molecular weight excluding hydrogens is 632 g/mol. The van der Waals surface area contributed by atoms with E-state index in [9.17, 15) is 24.3 Å². The molecule has 3 heterocycles. The molecule has 262 valence electrons. The number of rotatable bonds is 10. The highest BCUT2D eigenvalue weighted by molar-refractivity contribution is 5.96. The number of ether oxygens (including phenoxy) is 2. The Morgan fingerprint density at radius 1 is 1.08 bits per heavy atom. The molecule has 2 aromatic heterocycles. The summed E-state index contributed by atoms with van der Waals surface area (Å²) >= 11 is 0. The minimum atomic E-state index is -1.51. The lowest BCUT2D eigenvalue weighted by molar-refractivity contribution is -0.146. The summed E-state index contributed by atoms with van der Waals surface area (Å²) in [4.78, 5) is 56.5. The molecule has 1 saturated heterocycles. The fourth-order valence-corrected chi connectivity index (χ4v) is 6.04. The van der Waals surface area contributed by atoms with Crippen LogP contribution in [0.1, 0.15) is 60.4 Å². The number of hydrogen-bond acceptors (Lipinski definition) is 9. The van der Waals surface area contributed by atoms with Crippen LogP contribution in [0.25, 0.3) is 22.5 Å². The molecule has 2 fully saturated rings. The second kappa shape index (κ2) is 13.0. The maximum absolute atomic E-state index is 14.4. The van der Waals surface area contributed by atoms with Crippen LogP contribution >= 0.6 is 0 Å². The van der Waals surface area contributed by atoms with E-state index in [-0.39, 0.29) is 19.4 Å². The molecule has 5 atom stereocenters. The van der Waals surface area contributed by atoms with Crippen LogP contribution < -0.4 is 15.4 Å². The zero-order chi connectivity index (χ0) is 35.9. The van der Waals surface area contributed by atoms with Gasteiger partial charge < -0.3 is 30.1 Å². The normalized spacial score (nSPS) is 22.6. The lowest BCUT2D eigenvalue weighted by Crippen LogP contribution is -2.59. The number of hydrogen-bond donors (Lipinski definition) is 4. The van der Waals surface area contributed by atoms with E-state index < -0.39 is 64.5 Å². The molecule has 1 aromatic carbocycles. The van der Waals surface area contributed by atoms with Gasteiger partial charge in [0.15, 0.2) is 0 Å². The summed E-state index contributed by atoms with van der Waals surface area (Å²) in [6.45, 7) is 14.2. The minimum Gasteiger partial charge on any atom is -0.497 e. The standard InChI is InChI=1S/C34H44N8O7/c1-9-21-15-34(21,30(45)46)38-28(43)24-14-22(18-41(24)29(44)27(32(2,3)4)37-31(47)49-33(5,6)7)42-39-25(19-10-12-23(48-8)13-11-19)26(40-42)20-16-35-36-17-20/h9-13,16-17,21-22,24,27H,1,14-15,18H2,2-8H3,(H,35,36)(H,37,47)(H,38,43)(H,45,46). The number of alkyl carbamates (subject to hydrolysis) is 1. The van der Waals surface area contributed by atoms with Crippen LogP contribution in [0.4, 0.5) is 4.79 Å². The quantitative estimate of drug-likeness (QED) is 0.231. The molecule has 49 heavy (non-hydrogen) atoms. The van der Waals surface area contributed by atoms with Crippen molar-refractivity contribution < 1.29 is 33.8 Å². The van der Waals surface area contributed by atoms with Crippen LogP contribution in [-0.4, -0.2) is 96.0 Å². The molecule has 15 heteroatoms. The molecule has 5 rings (SSSR count). The second-order valence-electron chi connectivity index (χ2n) is 14.6. The van der Waals surface area contributed by atoms with Crippen molar-refractivity contribution >= 4 is 23.9 Å². The number of likely N-dealkylation sites (tertiary alicyclic amines) is 1. The summed E-state index contributed by atoms with van der Waals surface area (Å²) in [5.41, 5.74) is -0.604. The van der Waals surface area contributed by atoms with E-state index in [1.54, 1.807) is 73.2 Å². The summed E-state index contributed by atoms with van der Waals surface area (Å²) in [7, 11) is 1.58. The van der Waals surface area contributed by atoms with Crippen molar-refractivity contribution in [3.8, 4) is 28.3 Å². The van der Waals surface area contributed by atoms with Gasteiger partial charge in [-0.3, -0.25) is 14.7 Å². The molecule has 0 radical (unpaired) electrons. The fraction of sp³-hybridized carbons (Fsp3) is 0.500. The maximum atomic E-state index is 14.4. The lowest BCUT2D eigenvalue weighted by atomic mass is 9.85. The van der Waals surface area contributed by atoms with Gasteiger partial charge in [0.05, 0.1) is 19.3 Å². The Balaban J connectivity index is 1.52. The summed E-state index contributed by atoms with van der Waals surface area (Å²) < 4.78 is 10.8. The summed E-state index contributed by atoms with van der Waals surface area (Å²) in [6.07, 6.45) is 4.30. The molecule has 2 aliphatic rings. The zero-order valence-corrected chi connectivity index (χ0v) is 28.8. The largest absolute Gasteiger partial charge is 0.497 e. The van der Waals surface area contributed by atoms with Gasteiger partial charge in [0, 0.05) is 36.2 Å². The van der Waals surface area contributed by atoms with Crippen molar-refractivity contribution in [2.24, 2.45) is 11.3 Å². The highest BCUT2D eigenvalue weighted by Gasteiger charge is 2.61. The molecule has 0 spiro atoms. The number of H-pyrrole nitrogens is 1. The van der Waals surface area contributed by atoms with E-state index in [1.165, 1.54) is 15.8 Å². The molecule has 1 saturated carbocycles. The van der Waals surface area contributed by atoms with Gasteiger partial charge >= 0.3 is 12.1 Å². The van der Waals surface area contributed by atoms with Gasteiger partial charge in [-0.2, -0.15) is 20.1 Å². The first kappa shape index (κ1) is 35.1. The van der Waals surface area contributed by atoms with Crippen LogP contribution in [0, 0.1) is 11.3 Å². The van der Waals surface area contributed by atoms with E-state index in [2.05, 4.69) is 27.4 Å². The molecule has 3 aromatic rings. The first-order chi connectivity index (χ1) is 23.0. The third kappa shape index (κ3) is 7.29. The average molecular weight is 677 g/mol. The minimum absolute atomic E-state index is 0.00597. The number of carbonyl (C=O) groups is 4. The summed E-state index contributed by atoms with van der Waals surface area (Å²) in [5, 5.41) is 31.9. The number of amides is 3. The molecule has 1 aliphatic heterocycles. The van der Waals surface area contributed by atoms with Gasteiger partial charge in [0.1, 0.15) is 40.4 Å². The highest BCUT2D eigenvalue weighted by Crippen LogP contribution is 2.45. The number of aromatic nitrogens is 5. The Kier molecular flexibility index (Phi) is 9.32. The zero-order valence-electron chi connectivity index (χ0n) is 28.8. The molecule has 15 nitrogen and oxygen atoms in total. The van der Waals surface area contributed by atoms with Crippen LogP contribution in [0.15, 0.2) is 49.3 Å². The third-order valence-corrected chi connectivity index (χ3v) is 8.76. The number of nitrogens with zero attached hydrogens (tertiary/aromatic N) is 5. The van der Waals surface area contributed by atoms with Crippen molar-refractivity contribution in [1.29, 1.82) is 0 Å². The van der Waals surface area contributed by atoms with E-state index >= 15 is 0 Å². The number of carbonyl (C=O) groups excluding carboxylic acids is 3. The second-order valence-corrected chi connectivity index (χ2v) is 14.6. The number of methoxy groups -OCH3 is 1. The number of carboxylic acids is 1. The van der Waals surface area contributed by atoms with E-state index in [1.807, 2.05) is 12.1 Å². The maximum Gasteiger partial charge on any atom is 0.408 e. The first-order valence-corrected chi connectivity index (χ1v) is 16.1. The van der Waals surface area contributed by atoms with Crippen LogP contribution in [0.5, 0.6) is 5.75 Å². The van der Waals surface area contributed by atoms with Crippen molar-refractivity contribution in [1.82, 2.24) is 40.7 Å². The van der Waals surface area contributed by atoms with Crippen molar-refractivity contribution in [3.05, 3.63) is 49.3 Å². The first-order valence-electron chi connectivity index (χ1n) is 16.1. The van der Waals surface area contributed by atoms with Gasteiger partial charge in [0.2, 0.25) is 11.8 Å². The predicted octanol–water partition coefficient (Wildman–Crippen LogP) is 3.57. The molecule has 3 amide bonds. The van der Waals surface area contributed by atoms with Crippen LogP contribution in [-0.2, 0) is 19.1 Å². The molecule has 1 aliphatic carbocycles. The van der Waals surface area contributed by atoms with Gasteiger partial charge in [0.25, 0.3) is 0 Å². The number of nitrogens with one attached hydrogen (secondary N) is 3. The van der Waals surface area contributed by atoms with Crippen LogP contribution in [0.2, 0.25) is 0 Å². The van der Waals surface area contributed by atoms with Gasteiger partial charge in [-0.05, 0) is 56.9 Å². The van der Waals surface area contributed by atoms with Crippen molar-refractivity contribution in [3.63, 3.8) is 0 Å². The Morgan fingerprint density at radius 2 is 1.73 bits per heavy atom. The summed E-state index contributed by atoms with van der Waals surface area (Å²) in [5.74, 6) is -2.13. The third-order valence-electron chi connectivity index (χ3n) is 8.76. The van der Waals surface area contributed by atoms with Gasteiger partial charge in [-0.25, -0.2) is 9.59 Å². The number of aromatic amines is 1. The van der Waals surface area contributed by atoms with Crippen molar-refractivity contribution in [2.75, 3.05) is 13.7 Å². The molecule has 0 bridgehead atoms. The Bertz CT molecular complexity index is 1720. The van der Waals surface area contributed by atoms with E-state index in [4.69, 9.17) is 19.7 Å². The molecule has 4 N–H and O–H groups in total. The smallest absolute Gasteiger partial charge is 0.408 e. The number of carboxylic acid groups (broad SMARTS) is 1. The summed E-state index contributed by atoms with van der Waals surface area (Å²) in [6, 6.07) is 4.54. The Morgan fingerprint density at radius 3 is 2.24 bits per heavy atom. The Hall–Kier alpha value is -5.21. The Labute approximate surface area is 284 Å².